The van der Waals surface area contributed by atoms with Crippen LogP contribution in [0.3, 0.4) is 0 Å². The van der Waals surface area contributed by atoms with Crippen molar-refractivity contribution in [2.45, 2.75) is 25.3 Å². The Morgan fingerprint density at radius 2 is 1.96 bits per heavy atom. The number of aromatic nitrogens is 1. The average molecular weight is 343 g/mol. The molecule has 1 aliphatic rings. The van der Waals surface area contributed by atoms with E-state index in [1.54, 1.807) is 12.4 Å². The summed E-state index contributed by atoms with van der Waals surface area (Å²) in [4.78, 5) is 18.6. The average Bonchev–Trinajstić information content (AvgIpc) is 2.62. The molecule has 2 aromatic rings. The van der Waals surface area contributed by atoms with Crippen molar-refractivity contribution in [1.82, 2.24) is 15.2 Å². The summed E-state index contributed by atoms with van der Waals surface area (Å²) in [7, 11) is 0. The highest BCUT2D eigenvalue weighted by molar-refractivity contribution is 5.97. The van der Waals surface area contributed by atoms with Crippen LogP contribution >= 0.6 is 0 Å². The zero-order valence-electron chi connectivity index (χ0n) is 14.0. The highest BCUT2D eigenvalue weighted by atomic mass is 19.1. The van der Waals surface area contributed by atoms with Crippen LogP contribution in [-0.2, 0) is 6.42 Å². The predicted molar refractivity (Wildman–Crippen MR) is 92.9 cm³/mol. The lowest BCUT2D eigenvalue weighted by molar-refractivity contribution is 0.0904. The minimum absolute atomic E-state index is 0.00341. The topological polar surface area (TPSA) is 65.5 Å². The fourth-order valence-electron chi connectivity index (χ4n) is 3.13. The molecule has 1 aromatic carbocycles. The van der Waals surface area contributed by atoms with Crippen LogP contribution in [0.15, 0.2) is 42.7 Å². The van der Waals surface area contributed by atoms with Gasteiger partial charge in [0.1, 0.15) is 17.1 Å². The number of halogens is 1. The molecule has 0 bridgehead atoms. The monoisotopic (exact) mass is 343 g/mol. The third kappa shape index (κ3) is 4.54. The number of pyridine rings is 1. The van der Waals surface area contributed by atoms with E-state index in [0.717, 1.165) is 38.9 Å². The van der Waals surface area contributed by atoms with Crippen LogP contribution in [0.1, 0.15) is 28.8 Å². The van der Waals surface area contributed by atoms with Crippen molar-refractivity contribution in [3.63, 3.8) is 0 Å². The quantitative estimate of drug-likeness (QED) is 0.875. The maximum absolute atomic E-state index is 13.7. The fourth-order valence-corrected chi connectivity index (χ4v) is 3.13. The Balaban J connectivity index is 1.47. The van der Waals surface area contributed by atoms with Crippen LogP contribution in [-0.4, -0.2) is 46.6 Å². The number of amides is 1. The largest absolute Gasteiger partial charge is 0.507 e. The number of hydrogen-bond donors (Lipinski definition) is 2. The molecular weight excluding hydrogens is 321 g/mol. The number of benzene rings is 1. The zero-order chi connectivity index (χ0) is 17.6. The van der Waals surface area contributed by atoms with Crippen molar-refractivity contribution in [2.24, 2.45) is 0 Å². The molecule has 0 atom stereocenters. The summed E-state index contributed by atoms with van der Waals surface area (Å²) in [5.74, 6) is -1.58. The first-order chi connectivity index (χ1) is 12.1. The maximum atomic E-state index is 13.7. The molecule has 2 N–H and O–H groups in total. The summed E-state index contributed by atoms with van der Waals surface area (Å²) in [6, 6.07) is 7.92. The molecule has 0 aliphatic carbocycles. The van der Waals surface area contributed by atoms with E-state index < -0.39 is 11.7 Å². The molecule has 1 fully saturated rings. The summed E-state index contributed by atoms with van der Waals surface area (Å²) in [6.07, 6.45) is 6.21. The van der Waals surface area contributed by atoms with E-state index in [9.17, 15) is 14.3 Å². The Bertz CT molecular complexity index is 696. The molecule has 1 saturated heterocycles. The number of rotatable bonds is 5. The predicted octanol–water partition coefficient (Wildman–Crippen LogP) is 2.36. The van der Waals surface area contributed by atoms with Crippen LogP contribution in [0.4, 0.5) is 4.39 Å². The van der Waals surface area contributed by atoms with Gasteiger partial charge in [-0.25, -0.2) is 4.39 Å². The Kier molecular flexibility index (Phi) is 5.60. The first kappa shape index (κ1) is 17.4. The van der Waals surface area contributed by atoms with Crippen molar-refractivity contribution < 1.29 is 14.3 Å². The number of nitrogens with zero attached hydrogens (tertiary/aromatic N) is 2. The number of nitrogens with one attached hydrogen (secondary N) is 1. The SMILES string of the molecule is O=C(NC1CCN(CCc2ccncc2)CC1)c1c(O)cccc1F. The van der Waals surface area contributed by atoms with Gasteiger partial charge in [-0.15, -0.1) is 0 Å². The summed E-state index contributed by atoms with van der Waals surface area (Å²) >= 11 is 0. The van der Waals surface area contributed by atoms with Crippen LogP contribution in [0.5, 0.6) is 5.75 Å². The normalized spacial score (nSPS) is 15.9. The summed E-state index contributed by atoms with van der Waals surface area (Å²) in [6.45, 7) is 2.75. The molecule has 2 heterocycles. The van der Waals surface area contributed by atoms with E-state index in [1.165, 1.54) is 23.8 Å². The second-order valence-corrected chi connectivity index (χ2v) is 6.33. The number of likely N-dealkylation sites (tertiary alicyclic amines) is 1. The number of carbonyl (C=O) groups is 1. The molecule has 6 heteroatoms. The van der Waals surface area contributed by atoms with E-state index in [-0.39, 0.29) is 17.4 Å². The summed E-state index contributed by atoms with van der Waals surface area (Å²) < 4.78 is 13.7. The van der Waals surface area contributed by atoms with Crippen LogP contribution in [0.2, 0.25) is 0 Å². The van der Waals surface area contributed by atoms with E-state index in [0.29, 0.717) is 0 Å². The first-order valence-electron chi connectivity index (χ1n) is 8.53. The van der Waals surface area contributed by atoms with Crippen molar-refractivity contribution in [3.8, 4) is 5.75 Å². The van der Waals surface area contributed by atoms with Crippen LogP contribution < -0.4 is 5.32 Å². The summed E-state index contributed by atoms with van der Waals surface area (Å²) in [5, 5.41) is 12.5. The number of carbonyl (C=O) groups excluding carboxylic acids is 1. The third-order valence-corrected chi connectivity index (χ3v) is 4.61. The highest BCUT2D eigenvalue weighted by Crippen LogP contribution is 2.20. The van der Waals surface area contributed by atoms with Gasteiger partial charge < -0.3 is 15.3 Å². The minimum Gasteiger partial charge on any atom is -0.507 e. The molecule has 1 aromatic heterocycles. The van der Waals surface area contributed by atoms with Gasteiger partial charge in [0.2, 0.25) is 0 Å². The lowest BCUT2D eigenvalue weighted by Gasteiger charge is -2.32. The third-order valence-electron chi connectivity index (χ3n) is 4.61. The van der Waals surface area contributed by atoms with Gasteiger partial charge >= 0.3 is 0 Å². The van der Waals surface area contributed by atoms with Gasteiger partial charge in [0, 0.05) is 38.1 Å². The van der Waals surface area contributed by atoms with Gasteiger partial charge in [0.15, 0.2) is 0 Å². The van der Waals surface area contributed by atoms with Crippen molar-refractivity contribution in [2.75, 3.05) is 19.6 Å². The van der Waals surface area contributed by atoms with E-state index in [2.05, 4.69) is 15.2 Å². The van der Waals surface area contributed by atoms with Crippen molar-refractivity contribution in [3.05, 3.63) is 59.7 Å². The Hall–Kier alpha value is -2.47. The van der Waals surface area contributed by atoms with E-state index in [1.807, 2.05) is 12.1 Å². The molecule has 0 saturated carbocycles. The number of aromatic hydroxyl groups is 1. The number of hydrogen-bond acceptors (Lipinski definition) is 4. The molecule has 0 radical (unpaired) electrons. The lowest BCUT2D eigenvalue weighted by Crippen LogP contribution is -2.45. The lowest BCUT2D eigenvalue weighted by atomic mass is 10.0. The maximum Gasteiger partial charge on any atom is 0.258 e. The van der Waals surface area contributed by atoms with E-state index in [4.69, 9.17) is 0 Å². The molecular formula is C19H22FN3O2. The van der Waals surface area contributed by atoms with Gasteiger partial charge in [-0.05, 0) is 49.1 Å². The molecule has 5 nitrogen and oxygen atoms in total. The van der Waals surface area contributed by atoms with Crippen molar-refractivity contribution >= 4 is 5.91 Å². The van der Waals surface area contributed by atoms with Crippen LogP contribution in [0.25, 0.3) is 0 Å². The Morgan fingerprint density at radius 3 is 2.64 bits per heavy atom. The number of phenols is 1. The van der Waals surface area contributed by atoms with Gasteiger partial charge in [0.25, 0.3) is 5.91 Å². The highest BCUT2D eigenvalue weighted by Gasteiger charge is 2.23. The smallest absolute Gasteiger partial charge is 0.258 e. The van der Waals surface area contributed by atoms with Gasteiger partial charge in [0.05, 0.1) is 0 Å². The Labute approximate surface area is 146 Å². The van der Waals surface area contributed by atoms with Gasteiger partial charge in [-0.1, -0.05) is 6.07 Å². The molecule has 0 unspecified atom stereocenters. The second kappa shape index (κ2) is 8.07. The van der Waals surface area contributed by atoms with Crippen LogP contribution in [0, 0.1) is 5.82 Å². The molecule has 25 heavy (non-hydrogen) atoms. The second-order valence-electron chi connectivity index (χ2n) is 6.33. The molecule has 132 valence electrons. The fraction of sp³-hybridized carbons (Fsp3) is 0.368. The zero-order valence-corrected chi connectivity index (χ0v) is 14.0. The molecule has 1 aliphatic heterocycles. The Morgan fingerprint density at radius 1 is 1.24 bits per heavy atom. The first-order valence-corrected chi connectivity index (χ1v) is 8.53. The number of phenolic OH excluding ortho intramolecular Hbond substituents is 1. The van der Waals surface area contributed by atoms with Crippen molar-refractivity contribution in [1.29, 1.82) is 0 Å². The molecule has 3 rings (SSSR count). The molecule has 1 amide bonds. The van der Waals surface area contributed by atoms with E-state index >= 15 is 0 Å². The van der Waals surface area contributed by atoms with Gasteiger partial charge in [-0.2, -0.15) is 0 Å². The molecule has 0 spiro atoms. The minimum atomic E-state index is -0.702. The standard InChI is InChI=1S/C19H22FN3O2/c20-16-2-1-3-17(24)18(16)19(25)22-15-7-12-23(13-8-15)11-6-14-4-9-21-10-5-14/h1-5,9-10,15,24H,6-8,11-13H2,(H,22,25). The van der Waals surface area contributed by atoms with Gasteiger partial charge in [-0.3, -0.25) is 9.78 Å². The number of piperidine rings is 1. The summed E-state index contributed by atoms with van der Waals surface area (Å²) in [5.41, 5.74) is 0.989.